The van der Waals surface area contributed by atoms with Gasteiger partial charge in [0.2, 0.25) is 11.1 Å². The number of alkyl halides is 1. The highest BCUT2D eigenvalue weighted by Gasteiger charge is 2.41. The maximum atomic E-state index is 13.2. The molecule has 7 nitrogen and oxygen atoms in total. The molecule has 10 heteroatoms. The number of halogens is 2. The minimum absolute atomic E-state index is 0.0243. The number of rotatable bonds is 7. The van der Waals surface area contributed by atoms with E-state index in [0.717, 1.165) is 26.9 Å². The number of ketones is 1. The van der Waals surface area contributed by atoms with Crippen LogP contribution < -0.4 is 10.1 Å². The Bertz CT molecular complexity index is 1340. The summed E-state index contributed by atoms with van der Waals surface area (Å²) in [6, 6.07) is 13.4. The van der Waals surface area contributed by atoms with Gasteiger partial charge in [0, 0.05) is 27.4 Å². The molecule has 186 valence electrons. The number of hydrogen-bond acceptors (Lipinski definition) is 6. The van der Waals surface area contributed by atoms with E-state index in [9.17, 15) is 9.59 Å². The SMILES string of the molecule is COc1ccc(C2C(Cl)CC2NC(=O)CSc2n[nH]c(C3C(=O)c4cc(Br)ccc4C=C3C)n2)cc1. The summed E-state index contributed by atoms with van der Waals surface area (Å²) < 4.78 is 6.07. The minimum atomic E-state index is -0.525. The zero-order valence-electron chi connectivity index (χ0n) is 19.6. The van der Waals surface area contributed by atoms with Crippen molar-refractivity contribution in [2.45, 2.75) is 41.8 Å². The largest absolute Gasteiger partial charge is 0.497 e. The van der Waals surface area contributed by atoms with Crippen LogP contribution in [0, 0.1) is 0 Å². The normalized spacial score (nSPS) is 22.9. The van der Waals surface area contributed by atoms with Crippen LogP contribution in [0.15, 0.2) is 57.7 Å². The highest BCUT2D eigenvalue weighted by atomic mass is 79.9. The van der Waals surface area contributed by atoms with Gasteiger partial charge in [0.05, 0.1) is 12.9 Å². The van der Waals surface area contributed by atoms with E-state index in [2.05, 4.69) is 36.4 Å². The number of fused-ring (bicyclic) bond motifs is 1. The van der Waals surface area contributed by atoms with E-state index in [1.54, 1.807) is 7.11 Å². The number of thioether (sulfide) groups is 1. The summed E-state index contributed by atoms with van der Waals surface area (Å²) in [4.78, 5) is 30.4. The summed E-state index contributed by atoms with van der Waals surface area (Å²) in [6.07, 6.45) is 2.71. The monoisotopic (exact) mass is 586 g/mol. The third-order valence-electron chi connectivity index (χ3n) is 6.62. The molecule has 3 aromatic rings. The molecular formula is C26H24BrClN4O3S. The molecule has 0 radical (unpaired) electrons. The fraction of sp³-hybridized carbons (Fsp3) is 0.308. The Kier molecular flexibility index (Phi) is 7.23. The van der Waals surface area contributed by atoms with E-state index < -0.39 is 5.92 Å². The van der Waals surface area contributed by atoms with Crippen molar-refractivity contribution in [2.24, 2.45) is 0 Å². The molecule has 1 aromatic heterocycles. The summed E-state index contributed by atoms with van der Waals surface area (Å²) in [5.74, 6) is 0.818. The van der Waals surface area contributed by atoms with E-state index in [-0.39, 0.29) is 34.8 Å². The second kappa shape index (κ2) is 10.4. The summed E-state index contributed by atoms with van der Waals surface area (Å²) in [6.45, 7) is 1.92. The van der Waals surface area contributed by atoms with Crippen LogP contribution >= 0.6 is 39.3 Å². The third kappa shape index (κ3) is 4.96. The van der Waals surface area contributed by atoms with Gasteiger partial charge < -0.3 is 10.1 Å². The molecular weight excluding hydrogens is 564 g/mol. The van der Waals surface area contributed by atoms with E-state index >= 15 is 0 Å². The summed E-state index contributed by atoms with van der Waals surface area (Å²) in [7, 11) is 1.63. The molecule has 36 heavy (non-hydrogen) atoms. The number of amides is 1. The number of carbonyl (C=O) groups excluding carboxylic acids is 2. The first-order valence-electron chi connectivity index (χ1n) is 11.5. The standard InChI is InChI=1S/C26H24BrClN4O3S/c1-13-9-15-3-6-16(27)10-18(15)24(34)22(13)25-30-26(32-31-25)36-12-21(33)29-20-11-19(28)23(20)14-4-7-17(35-2)8-5-14/h3-10,19-20,22-23H,11-12H2,1-2H3,(H,29,33)(H,30,31,32). The fourth-order valence-corrected chi connectivity index (χ4v) is 6.23. The molecule has 2 N–H and O–H groups in total. The van der Waals surface area contributed by atoms with Gasteiger partial charge in [-0.25, -0.2) is 4.98 Å². The molecule has 2 aliphatic carbocycles. The van der Waals surface area contributed by atoms with Crippen LogP contribution in [0.1, 0.15) is 52.5 Å². The van der Waals surface area contributed by atoms with Crippen LogP contribution in [-0.4, -0.2) is 51.2 Å². The first kappa shape index (κ1) is 25.0. The van der Waals surface area contributed by atoms with Gasteiger partial charge in [-0.2, -0.15) is 0 Å². The van der Waals surface area contributed by atoms with Gasteiger partial charge in [0.15, 0.2) is 5.78 Å². The van der Waals surface area contributed by atoms with Gasteiger partial charge >= 0.3 is 0 Å². The second-order valence-electron chi connectivity index (χ2n) is 8.93. The van der Waals surface area contributed by atoms with Crippen molar-refractivity contribution in [3.63, 3.8) is 0 Å². The maximum Gasteiger partial charge on any atom is 0.230 e. The van der Waals surface area contributed by atoms with Gasteiger partial charge in [-0.1, -0.05) is 57.5 Å². The van der Waals surface area contributed by atoms with Crippen LogP contribution in [-0.2, 0) is 4.79 Å². The predicted molar refractivity (Wildman–Crippen MR) is 144 cm³/mol. The average Bonchev–Trinajstić information content (AvgIpc) is 3.32. The minimum Gasteiger partial charge on any atom is -0.497 e. The van der Waals surface area contributed by atoms with Gasteiger partial charge in [-0.3, -0.25) is 14.7 Å². The number of aromatic nitrogens is 3. The van der Waals surface area contributed by atoms with Crippen molar-refractivity contribution < 1.29 is 14.3 Å². The summed E-state index contributed by atoms with van der Waals surface area (Å²) >= 11 is 11.1. The quantitative estimate of drug-likeness (QED) is 0.287. The number of hydrogen-bond donors (Lipinski definition) is 2. The number of H-pyrrole nitrogens is 1. The number of aromatic amines is 1. The molecule has 2 aromatic carbocycles. The molecule has 0 spiro atoms. The van der Waals surface area contributed by atoms with E-state index in [1.165, 1.54) is 11.8 Å². The molecule has 1 saturated carbocycles. The number of ether oxygens (including phenoxy) is 1. The molecule has 1 heterocycles. The van der Waals surface area contributed by atoms with Gasteiger partial charge in [0.1, 0.15) is 17.5 Å². The van der Waals surface area contributed by atoms with Crippen LogP contribution in [0.4, 0.5) is 0 Å². The van der Waals surface area contributed by atoms with Crippen LogP contribution in [0.5, 0.6) is 5.75 Å². The van der Waals surface area contributed by atoms with Crippen LogP contribution in [0.25, 0.3) is 6.08 Å². The first-order valence-corrected chi connectivity index (χ1v) is 13.7. The highest BCUT2D eigenvalue weighted by Crippen LogP contribution is 2.42. The Morgan fingerprint density at radius 3 is 2.78 bits per heavy atom. The molecule has 0 aliphatic heterocycles. The van der Waals surface area contributed by atoms with E-state index in [0.29, 0.717) is 23.0 Å². The lowest BCUT2D eigenvalue weighted by Crippen LogP contribution is -2.52. The summed E-state index contributed by atoms with van der Waals surface area (Å²) in [5.41, 5.74) is 3.51. The first-order chi connectivity index (χ1) is 17.3. The van der Waals surface area contributed by atoms with Crippen molar-refractivity contribution in [2.75, 3.05) is 12.9 Å². The van der Waals surface area contributed by atoms with Crippen LogP contribution in [0.2, 0.25) is 0 Å². The molecule has 4 unspecified atom stereocenters. The third-order valence-corrected chi connectivity index (χ3v) is 8.41. The Morgan fingerprint density at radius 1 is 1.28 bits per heavy atom. The average molecular weight is 588 g/mol. The van der Waals surface area contributed by atoms with Crippen molar-refractivity contribution in [3.8, 4) is 5.75 Å². The molecule has 2 aliphatic rings. The predicted octanol–water partition coefficient (Wildman–Crippen LogP) is 5.33. The van der Waals surface area contributed by atoms with Crippen molar-refractivity contribution in [1.29, 1.82) is 0 Å². The Labute approximate surface area is 226 Å². The Hall–Kier alpha value is -2.62. The second-order valence-corrected chi connectivity index (χ2v) is 11.4. The maximum absolute atomic E-state index is 13.2. The van der Waals surface area contributed by atoms with E-state index in [1.807, 2.05) is 55.5 Å². The number of benzene rings is 2. The van der Waals surface area contributed by atoms with Crippen molar-refractivity contribution in [3.05, 3.63) is 75.0 Å². The molecule has 4 atom stereocenters. The molecule has 0 bridgehead atoms. The van der Waals surface area contributed by atoms with Gasteiger partial charge in [-0.05, 0) is 48.7 Å². The Morgan fingerprint density at radius 2 is 2.06 bits per heavy atom. The van der Waals surface area contributed by atoms with Crippen LogP contribution in [0.3, 0.4) is 0 Å². The molecule has 1 amide bonds. The smallest absolute Gasteiger partial charge is 0.230 e. The number of allylic oxidation sites excluding steroid dienone is 1. The zero-order chi connectivity index (χ0) is 25.4. The van der Waals surface area contributed by atoms with Crippen molar-refractivity contribution in [1.82, 2.24) is 20.5 Å². The lowest BCUT2D eigenvalue weighted by Gasteiger charge is -2.42. The number of methoxy groups -OCH3 is 1. The highest BCUT2D eigenvalue weighted by molar-refractivity contribution is 9.10. The number of nitrogens with zero attached hydrogens (tertiary/aromatic N) is 2. The van der Waals surface area contributed by atoms with E-state index in [4.69, 9.17) is 16.3 Å². The number of nitrogens with one attached hydrogen (secondary N) is 2. The molecule has 1 fully saturated rings. The number of Topliss-reactive ketones (excluding diaryl/α,β-unsaturated/α-hetero) is 1. The summed E-state index contributed by atoms with van der Waals surface area (Å²) in [5, 5.41) is 10.6. The zero-order valence-corrected chi connectivity index (χ0v) is 22.8. The molecule has 0 saturated heterocycles. The van der Waals surface area contributed by atoms with Crippen molar-refractivity contribution >= 4 is 57.1 Å². The lowest BCUT2D eigenvalue weighted by atomic mass is 9.74. The Balaban J connectivity index is 1.19. The number of carbonyl (C=O) groups is 2. The van der Waals surface area contributed by atoms with Gasteiger partial charge in [-0.15, -0.1) is 16.7 Å². The van der Waals surface area contributed by atoms with Gasteiger partial charge in [0.25, 0.3) is 0 Å². The fourth-order valence-electron chi connectivity index (χ4n) is 4.74. The lowest BCUT2D eigenvalue weighted by molar-refractivity contribution is -0.119. The molecule has 5 rings (SSSR count). The topological polar surface area (TPSA) is 97.0 Å².